The van der Waals surface area contributed by atoms with Gasteiger partial charge in [-0.3, -0.25) is 4.79 Å². The molecule has 0 saturated heterocycles. The van der Waals surface area contributed by atoms with Crippen molar-refractivity contribution >= 4 is 11.6 Å². The van der Waals surface area contributed by atoms with Crippen molar-refractivity contribution in [1.29, 1.82) is 0 Å². The van der Waals surface area contributed by atoms with Gasteiger partial charge in [0.1, 0.15) is 0 Å². The summed E-state index contributed by atoms with van der Waals surface area (Å²) in [6, 6.07) is 8.90. The van der Waals surface area contributed by atoms with Gasteiger partial charge in [0.25, 0.3) is 0 Å². The second-order valence-corrected chi connectivity index (χ2v) is 6.09. The Balaban J connectivity index is 1.87. The molecule has 3 nitrogen and oxygen atoms in total. The van der Waals surface area contributed by atoms with Gasteiger partial charge in [-0.05, 0) is 43.4 Å². The van der Waals surface area contributed by atoms with Crippen LogP contribution in [0, 0.1) is 5.92 Å². The molecule has 1 amide bonds. The normalized spacial score (nSPS) is 15.7. The van der Waals surface area contributed by atoms with E-state index in [9.17, 15) is 4.79 Å². The standard InChI is InChI=1S/C18H28N2O/c1-3-5-8-15(4-2)18(21)20-17-9-6-7-14(12-17)13-19-16-10-11-16/h6-7,9,12,15-16,19H,3-5,8,10-11,13H2,1-2H3,(H,20,21). The average Bonchev–Trinajstić information content (AvgIpc) is 3.30. The lowest BCUT2D eigenvalue weighted by Crippen LogP contribution is -2.22. The third kappa shape index (κ3) is 5.50. The van der Waals surface area contributed by atoms with Crippen LogP contribution in [0.2, 0.25) is 0 Å². The van der Waals surface area contributed by atoms with E-state index in [0.29, 0.717) is 6.04 Å². The fraction of sp³-hybridized carbons (Fsp3) is 0.611. The molecule has 0 aliphatic heterocycles. The molecule has 0 radical (unpaired) electrons. The number of unbranched alkanes of at least 4 members (excludes halogenated alkanes) is 1. The first-order valence-electron chi connectivity index (χ1n) is 8.36. The van der Waals surface area contributed by atoms with E-state index < -0.39 is 0 Å². The topological polar surface area (TPSA) is 41.1 Å². The number of carbonyl (C=O) groups excluding carboxylic acids is 1. The van der Waals surface area contributed by atoms with Gasteiger partial charge in [0.15, 0.2) is 0 Å². The van der Waals surface area contributed by atoms with Crippen molar-refractivity contribution in [2.75, 3.05) is 5.32 Å². The van der Waals surface area contributed by atoms with Crippen molar-refractivity contribution in [2.24, 2.45) is 5.92 Å². The summed E-state index contributed by atoms with van der Waals surface area (Å²) in [6.45, 7) is 5.15. The van der Waals surface area contributed by atoms with Gasteiger partial charge in [0.2, 0.25) is 5.91 Å². The van der Waals surface area contributed by atoms with E-state index in [4.69, 9.17) is 0 Å². The van der Waals surface area contributed by atoms with Crippen LogP contribution in [-0.2, 0) is 11.3 Å². The van der Waals surface area contributed by atoms with Gasteiger partial charge in [0.05, 0.1) is 0 Å². The maximum absolute atomic E-state index is 12.3. The van der Waals surface area contributed by atoms with Crippen LogP contribution in [0.25, 0.3) is 0 Å². The minimum Gasteiger partial charge on any atom is -0.326 e. The molecule has 1 aliphatic rings. The van der Waals surface area contributed by atoms with Gasteiger partial charge in [-0.2, -0.15) is 0 Å². The number of rotatable bonds is 9. The van der Waals surface area contributed by atoms with Crippen LogP contribution in [0.4, 0.5) is 5.69 Å². The van der Waals surface area contributed by atoms with Crippen LogP contribution in [0.1, 0.15) is 57.9 Å². The van der Waals surface area contributed by atoms with Crippen LogP contribution in [-0.4, -0.2) is 11.9 Å². The minimum atomic E-state index is 0.137. The zero-order valence-electron chi connectivity index (χ0n) is 13.3. The Labute approximate surface area is 128 Å². The molecule has 3 heteroatoms. The van der Waals surface area contributed by atoms with Crippen molar-refractivity contribution in [3.05, 3.63) is 29.8 Å². The Morgan fingerprint density at radius 3 is 2.81 bits per heavy atom. The first-order valence-corrected chi connectivity index (χ1v) is 8.36. The summed E-state index contributed by atoms with van der Waals surface area (Å²) in [5.74, 6) is 0.302. The van der Waals surface area contributed by atoms with E-state index in [-0.39, 0.29) is 11.8 Å². The Hall–Kier alpha value is -1.35. The Morgan fingerprint density at radius 2 is 2.14 bits per heavy atom. The van der Waals surface area contributed by atoms with E-state index in [1.54, 1.807) is 0 Å². The highest BCUT2D eigenvalue weighted by molar-refractivity contribution is 5.92. The number of benzene rings is 1. The molecule has 0 bridgehead atoms. The lowest BCUT2D eigenvalue weighted by atomic mass is 9.98. The van der Waals surface area contributed by atoms with Crippen molar-refractivity contribution in [2.45, 2.75) is 65.0 Å². The van der Waals surface area contributed by atoms with Gasteiger partial charge >= 0.3 is 0 Å². The fourth-order valence-electron chi connectivity index (χ4n) is 2.52. The second kappa shape index (κ2) is 8.18. The first-order chi connectivity index (χ1) is 10.2. The van der Waals surface area contributed by atoms with Crippen LogP contribution < -0.4 is 10.6 Å². The molecular weight excluding hydrogens is 260 g/mol. The molecule has 1 aromatic rings. The molecule has 2 rings (SSSR count). The molecule has 0 spiro atoms. The average molecular weight is 288 g/mol. The molecule has 1 aliphatic carbocycles. The number of anilines is 1. The molecule has 1 unspecified atom stereocenters. The lowest BCUT2D eigenvalue weighted by molar-refractivity contribution is -0.120. The van der Waals surface area contributed by atoms with Crippen LogP contribution >= 0.6 is 0 Å². The second-order valence-electron chi connectivity index (χ2n) is 6.09. The van der Waals surface area contributed by atoms with E-state index in [0.717, 1.165) is 37.9 Å². The summed E-state index contributed by atoms with van der Waals surface area (Å²) in [7, 11) is 0. The molecule has 0 aromatic heterocycles. The lowest BCUT2D eigenvalue weighted by Gasteiger charge is -2.15. The van der Waals surface area contributed by atoms with E-state index in [1.807, 2.05) is 12.1 Å². The summed E-state index contributed by atoms with van der Waals surface area (Å²) in [6.07, 6.45) is 6.76. The van der Waals surface area contributed by atoms with Crippen LogP contribution in [0.5, 0.6) is 0 Å². The highest BCUT2D eigenvalue weighted by atomic mass is 16.1. The summed E-state index contributed by atoms with van der Waals surface area (Å²) in [5.41, 5.74) is 2.16. The first kappa shape index (κ1) is 16.0. The molecular formula is C18H28N2O. The smallest absolute Gasteiger partial charge is 0.227 e. The Bertz CT molecular complexity index is 454. The van der Waals surface area contributed by atoms with E-state index >= 15 is 0 Å². The number of carbonyl (C=O) groups is 1. The third-order valence-corrected chi connectivity index (χ3v) is 4.14. The van der Waals surface area contributed by atoms with E-state index in [2.05, 4.69) is 36.6 Å². The zero-order chi connectivity index (χ0) is 15.1. The molecule has 1 saturated carbocycles. The summed E-state index contributed by atoms with van der Waals surface area (Å²) in [5, 5.41) is 6.58. The molecule has 1 atom stereocenters. The van der Waals surface area contributed by atoms with Crippen LogP contribution in [0.15, 0.2) is 24.3 Å². The molecule has 21 heavy (non-hydrogen) atoms. The highest BCUT2D eigenvalue weighted by Gasteiger charge is 2.20. The molecule has 0 heterocycles. The van der Waals surface area contributed by atoms with Gasteiger partial charge in [0, 0.05) is 24.2 Å². The highest BCUT2D eigenvalue weighted by Crippen LogP contribution is 2.20. The molecule has 116 valence electrons. The van der Waals surface area contributed by atoms with Crippen LogP contribution in [0.3, 0.4) is 0 Å². The molecule has 2 N–H and O–H groups in total. The van der Waals surface area contributed by atoms with Gasteiger partial charge in [-0.25, -0.2) is 0 Å². The Kier molecular flexibility index (Phi) is 6.24. The zero-order valence-corrected chi connectivity index (χ0v) is 13.3. The minimum absolute atomic E-state index is 0.137. The number of hydrogen-bond donors (Lipinski definition) is 2. The van der Waals surface area contributed by atoms with Crippen molar-refractivity contribution in [3.8, 4) is 0 Å². The maximum Gasteiger partial charge on any atom is 0.227 e. The monoisotopic (exact) mass is 288 g/mol. The summed E-state index contributed by atoms with van der Waals surface area (Å²) in [4.78, 5) is 12.3. The number of nitrogens with one attached hydrogen (secondary N) is 2. The Morgan fingerprint density at radius 1 is 1.33 bits per heavy atom. The van der Waals surface area contributed by atoms with Gasteiger partial charge in [-0.1, -0.05) is 38.8 Å². The van der Waals surface area contributed by atoms with E-state index in [1.165, 1.54) is 18.4 Å². The predicted octanol–water partition coefficient (Wildman–Crippen LogP) is 4.09. The summed E-state index contributed by atoms with van der Waals surface area (Å²) < 4.78 is 0. The van der Waals surface area contributed by atoms with Gasteiger partial charge < -0.3 is 10.6 Å². The number of amides is 1. The quantitative estimate of drug-likeness (QED) is 0.718. The fourth-order valence-corrected chi connectivity index (χ4v) is 2.52. The largest absolute Gasteiger partial charge is 0.326 e. The van der Waals surface area contributed by atoms with Crippen molar-refractivity contribution < 1.29 is 4.79 Å². The van der Waals surface area contributed by atoms with Crippen molar-refractivity contribution in [1.82, 2.24) is 5.32 Å². The number of hydrogen-bond acceptors (Lipinski definition) is 2. The molecule has 1 aromatic carbocycles. The third-order valence-electron chi connectivity index (χ3n) is 4.14. The SMILES string of the molecule is CCCCC(CC)C(=O)Nc1cccc(CNC2CC2)c1. The predicted molar refractivity (Wildman–Crippen MR) is 88.2 cm³/mol. The van der Waals surface area contributed by atoms with Crippen molar-refractivity contribution in [3.63, 3.8) is 0 Å². The summed E-state index contributed by atoms with van der Waals surface area (Å²) >= 11 is 0. The maximum atomic E-state index is 12.3. The molecule has 1 fully saturated rings. The van der Waals surface area contributed by atoms with Gasteiger partial charge in [-0.15, -0.1) is 0 Å².